The maximum absolute atomic E-state index is 5.28. The van der Waals surface area contributed by atoms with Gasteiger partial charge in [-0.25, -0.2) is 0 Å². The van der Waals surface area contributed by atoms with Gasteiger partial charge in [-0.3, -0.25) is 0 Å². The van der Waals surface area contributed by atoms with E-state index in [1.54, 1.807) is 7.11 Å². The van der Waals surface area contributed by atoms with Gasteiger partial charge in [0, 0.05) is 25.2 Å². The second-order valence-electron chi connectivity index (χ2n) is 6.06. The average molecular weight is 276 g/mol. The second-order valence-corrected chi connectivity index (χ2v) is 6.06. The van der Waals surface area contributed by atoms with Gasteiger partial charge in [-0.15, -0.1) is 0 Å². The van der Waals surface area contributed by atoms with Crippen LogP contribution in [0.1, 0.15) is 32.3 Å². The first-order valence-electron chi connectivity index (χ1n) is 7.78. The number of methoxy groups -OCH3 is 1. The number of rotatable bonds is 6. The van der Waals surface area contributed by atoms with E-state index in [1.165, 1.54) is 31.5 Å². The normalized spacial score (nSPS) is 20.3. The number of ether oxygens (including phenoxy) is 1. The van der Waals surface area contributed by atoms with Crippen molar-refractivity contribution in [1.29, 1.82) is 0 Å². The van der Waals surface area contributed by atoms with Gasteiger partial charge in [0.1, 0.15) is 5.75 Å². The SMILES string of the molecule is COc1cccc(CCN2CCCC(NC(C)C)C2)c1. The van der Waals surface area contributed by atoms with Crippen molar-refractivity contribution in [2.24, 2.45) is 0 Å². The minimum atomic E-state index is 0.582. The monoisotopic (exact) mass is 276 g/mol. The Bertz CT molecular complexity index is 406. The molecule has 0 amide bonds. The van der Waals surface area contributed by atoms with Crippen molar-refractivity contribution in [2.45, 2.75) is 45.2 Å². The summed E-state index contributed by atoms with van der Waals surface area (Å²) >= 11 is 0. The summed E-state index contributed by atoms with van der Waals surface area (Å²) in [5, 5.41) is 3.67. The summed E-state index contributed by atoms with van der Waals surface area (Å²) < 4.78 is 5.28. The van der Waals surface area contributed by atoms with Gasteiger partial charge in [-0.2, -0.15) is 0 Å². The fourth-order valence-electron chi connectivity index (χ4n) is 2.98. The molecule has 1 fully saturated rings. The van der Waals surface area contributed by atoms with E-state index >= 15 is 0 Å². The zero-order chi connectivity index (χ0) is 14.4. The lowest BCUT2D eigenvalue weighted by atomic mass is 10.0. The molecule has 1 atom stereocenters. The number of piperidine rings is 1. The Morgan fingerprint density at radius 3 is 3.00 bits per heavy atom. The van der Waals surface area contributed by atoms with Crippen LogP contribution in [0.5, 0.6) is 5.75 Å². The van der Waals surface area contributed by atoms with Crippen LogP contribution in [-0.2, 0) is 6.42 Å². The molecule has 3 heteroatoms. The minimum Gasteiger partial charge on any atom is -0.497 e. The molecule has 0 spiro atoms. The summed E-state index contributed by atoms with van der Waals surface area (Å²) in [7, 11) is 1.73. The van der Waals surface area contributed by atoms with Crippen LogP contribution in [0.3, 0.4) is 0 Å². The van der Waals surface area contributed by atoms with Crippen molar-refractivity contribution in [3.05, 3.63) is 29.8 Å². The second kappa shape index (κ2) is 7.65. The number of hydrogen-bond acceptors (Lipinski definition) is 3. The molecule has 1 aromatic carbocycles. The summed E-state index contributed by atoms with van der Waals surface area (Å²) in [6, 6.07) is 9.66. The zero-order valence-electron chi connectivity index (χ0n) is 13.1. The molecule has 20 heavy (non-hydrogen) atoms. The van der Waals surface area contributed by atoms with Gasteiger partial charge in [0.25, 0.3) is 0 Å². The summed E-state index contributed by atoms with van der Waals surface area (Å²) in [5.74, 6) is 0.959. The number of likely N-dealkylation sites (tertiary alicyclic amines) is 1. The number of nitrogens with zero attached hydrogens (tertiary/aromatic N) is 1. The predicted octanol–water partition coefficient (Wildman–Crippen LogP) is 2.70. The third-order valence-corrected chi connectivity index (χ3v) is 3.93. The van der Waals surface area contributed by atoms with E-state index in [0.29, 0.717) is 12.1 Å². The molecule has 1 saturated heterocycles. The predicted molar refractivity (Wildman–Crippen MR) is 84.4 cm³/mol. The van der Waals surface area contributed by atoms with Gasteiger partial charge < -0.3 is 15.0 Å². The highest BCUT2D eigenvalue weighted by molar-refractivity contribution is 5.28. The number of hydrogen-bond donors (Lipinski definition) is 1. The van der Waals surface area contributed by atoms with Crippen LogP contribution in [0.25, 0.3) is 0 Å². The molecular formula is C17H28N2O. The van der Waals surface area contributed by atoms with E-state index in [9.17, 15) is 0 Å². The van der Waals surface area contributed by atoms with Gasteiger partial charge in [-0.05, 0) is 43.5 Å². The fraction of sp³-hybridized carbons (Fsp3) is 0.647. The molecule has 1 heterocycles. The Morgan fingerprint density at radius 1 is 1.40 bits per heavy atom. The summed E-state index contributed by atoms with van der Waals surface area (Å²) in [6.07, 6.45) is 3.72. The highest BCUT2D eigenvalue weighted by atomic mass is 16.5. The topological polar surface area (TPSA) is 24.5 Å². The van der Waals surface area contributed by atoms with E-state index < -0.39 is 0 Å². The molecule has 3 nitrogen and oxygen atoms in total. The van der Waals surface area contributed by atoms with Crippen molar-refractivity contribution in [3.63, 3.8) is 0 Å². The van der Waals surface area contributed by atoms with E-state index in [2.05, 4.69) is 42.3 Å². The molecule has 0 radical (unpaired) electrons. The molecule has 1 aliphatic rings. The molecule has 1 unspecified atom stereocenters. The van der Waals surface area contributed by atoms with Gasteiger partial charge in [0.15, 0.2) is 0 Å². The third kappa shape index (κ3) is 4.80. The summed E-state index contributed by atoms with van der Waals surface area (Å²) in [5.41, 5.74) is 1.36. The number of nitrogens with one attached hydrogen (secondary N) is 1. The molecule has 2 rings (SSSR count). The molecule has 0 aromatic heterocycles. The van der Waals surface area contributed by atoms with Crippen LogP contribution in [0.4, 0.5) is 0 Å². The Kier molecular flexibility index (Phi) is 5.86. The molecule has 1 N–H and O–H groups in total. The lowest BCUT2D eigenvalue weighted by Gasteiger charge is -2.34. The van der Waals surface area contributed by atoms with E-state index in [-0.39, 0.29) is 0 Å². The van der Waals surface area contributed by atoms with E-state index in [0.717, 1.165) is 18.7 Å². The molecular weight excluding hydrogens is 248 g/mol. The Hall–Kier alpha value is -1.06. The summed E-state index contributed by atoms with van der Waals surface area (Å²) in [6.45, 7) is 8.02. The minimum absolute atomic E-state index is 0.582. The van der Waals surface area contributed by atoms with Crippen molar-refractivity contribution >= 4 is 0 Å². The third-order valence-electron chi connectivity index (χ3n) is 3.93. The van der Waals surface area contributed by atoms with Crippen molar-refractivity contribution in [1.82, 2.24) is 10.2 Å². The van der Waals surface area contributed by atoms with Gasteiger partial charge in [0.2, 0.25) is 0 Å². The van der Waals surface area contributed by atoms with Crippen LogP contribution in [0, 0.1) is 0 Å². The Balaban J connectivity index is 1.80. The highest BCUT2D eigenvalue weighted by Gasteiger charge is 2.19. The largest absolute Gasteiger partial charge is 0.497 e. The maximum atomic E-state index is 5.28. The first-order valence-corrected chi connectivity index (χ1v) is 7.78. The average Bonchev–Trinajstić information content (AvgIpc) is 2.45. The van der Waals surface area contributed by atoms with Crippen LogP contribution in [0.15, 0.2) is 24.3 Å². The highest BCUT2D eigenvalue weighted by Crippen LogP contribution is 2.15. The Labute approximate surface area is 123 Å². The molecule has 112 valence electrons. The van der Waals surface area contributed by atoms with Gasteiger partial charge in [-0.1, -0.05) is 26.0 Å². The maximum Gasteiger partial charge on any atom is 0.119 e. The van der Waals surface area contributed by atoms with Crippen molar-refractivity contribution in [3.8, 4) is 5.75 Å². The first-order chi connectivity index (χ1) is 9.67. The molecule has 0 aliphatic carbocycles. The molecule has 1 aromatic rings. The number of benzene rings is 1. The lowest BCUT2D eigenvalue weighted by molar-refractivity contribution is 0.187. The van der Waals surface area contributed by atoms with Crippen LogP contribution in [0.2, 0.25) is 0 Å². The molecule has 0 bridgehead atoms. The van der Waals surface area contributed by atoms with Crippen LogP contribution < -0.4 is 10.1 Å². The summed E-state index contributed by atoms with van der Waals surface area (Å²) in [4.78, 5) is 2.59. The molecule has 0 saturated carbocycles. The van der Waals surface area contributed by atoms with E-state index in [1.807, 2.05) is 6.07 Å². The molecule has 1 aliphatic heterocycles. The van der Waals surface area contributed by atoms with Crippen LogP contribution >= 0.6 is 0 Å². The standard InChI is InChI=1S/C17H28N2O/c1-14(2)18-16-7-5-10-19(13-16)11-9-15-6-4-8-17(12-15)20-3/h4,6,8,12,14,16,18H,5,7,9-11,13H2,1-3H3. The quantitative estimate of drug-likeness (QED) is 0.864. The first kappa shape index (κ1) is 15.3. The van der Waals surface area contributed by atoms with Crippen molar-refractivity contribution in [2.75, 3.05) is 26.7 Å². The van der Waals surface area contributed by atoms with Crippen molar-refractivity contribution < 1.29 is 4.74 Å². The van der Waals surface area contributed by atoms with E-state index in [4.69, 9.17) is 4.74 Å². The smallest absolute Gasteiger partial charge is 0.119 e. The lowest BCUT2D eigenvalue weighted by Crippen LogP contribution is -2.48. The van der Waals surface area contributed by atoms with Gasteiger partial charge in [0.05, 0.1) is 7.11 Å². The van der Waals surface area contributed by atoms with Crippen LogP contribution in [-0.4, -0.2) is 43.7 Å². The van der Waals surface area contributed by atoms with Gasteiger partial charge >= 0.3 is 0 Å². The zero-order valence-corrected chi connectivity index (χ0v) is 13.1. The fourth-order valence-corrected chi connectivity index (χ4v) is 2.98. The Morgan fingerprint density at radius 2 is 2.25 bits per heavy atom.